The lowest BCUT2D eigenvalue weighted by molar-refractivity contribution is 0.0935. The van der Waals surface area contributed by atoms with E-state index in [1.807, 2.05) is 10.6 Å². The smallest absolute Gasteiger partial charge is 0.326 e. The molecule has 128 valence electrons. The molecule has 1 aromatic carbocycles. The summed E-state index contributed by atoms with van der Waals surface area (Å²) >= 11 is 0. The fourth-order valence-corrected chi connectivity index (χ4v) is 3.73. The van der Waals surface area contributed by atoms with E-state index in [1.54, 1.807) is 12.1 Å². The van der Waals surface area contributed by atoms with Gasteiger partial charge in [0, 0.05) is 23.6 Å². The number of aliphatic hydroxyl groups excluding tert-OH is 1. The van der Waals surface area contributed by atoms with Gasteiger partial charge in [-0.2, -0.15) is 0 Å². The van der Waals surface area contributed by atoms with E-state index in [0.29, 0.717) is 17.6 Å². The number of nitrogens with zero attached hydrogens (tertiary/aromatic N) is 1. The largest absolute Gasteiger partial charge is 0.396 e. The van der Waals surface area contributed by atoms with E-state index in [1.165, 1.54) is 0 Å². The van der Waals surface area contributed by atoms with E-state index in [0.717, 1.165) is 44.0 Å². The Bertz CT molecular complexity index is 826. The van der Waals surface area contributed by atoms with Crippen LogP contribution in [0.4, 0.5) is 0 Å². The van der Waals surface area contributed by atoms with Crippen molar-refractivity contribution in [2.75, 3.05) is 13.2 Å². The molecule has 0 radical (unpaired) electrons. The molecule has 1 aromatic heterocycles. The van der Waals surface area contributed by atoms with Gasteiger partial charge in [-0.1, -0.05) is 12.8 Å². The van der Waals surface area contributed by atoms with Crippen molar-refractivity contribution in [3.05, 3.63) is 34.2 Å². The molecule has 2 aliphatic carbocycles. The van der Waals surface area contributed by atoms with E-state index in [2.05, 4.69) is 10.3 Å². The highest BCUT2D eigenvalue weighted by atomic mass is 16.3. The second kappa shape index (κ2) is 5.77. The molecule has 0 bridgehead atoms. The Morgan fingerprint density at radius 3 is 2.75 bits per heavy atom. The standard InChI is InChI=1S/C18H23N3O3/c22-11-18(7-8-18)10-19-16(23)12-5-6-15-14(9-12)20-17(24)21(15)13-3-1-2-4-13/h5-6,9,13,22H,1-4,7-8,10-11H2,(H,19,23)(H,20,24). The van der Waals surface area contributed by atoms with Gasteiger partial charge < -0.3 is 15.4 Å². The van der Waals surface area contributed by atoms with E-state index < -0.39 is 0 Å². The first-order valence-electron chi connectivity index (χ1n) is 8.75. The van der Waals surface area contributed by atoms with Crippen LogP contribution in [0.15, 0.2) is 23.0 Å². The van der Waals surface area contributed by atoms with Crippen LogP contribution in [-0.4, -0.2) is 33.7 Å². The van der Waals surface area contributed by atoms with Crippen molar-refractivity contribution >= 4 is 16.9 Å². The first kappa shape index (κ1) is 15.4. The van der Waals surface area contributed by atoms with Gasteiger partial charge in [-0.25, -0.2) is 4.79 Å². The number of carbonyl (C=O) groups is 1. The van der Waals surface area contributed by atoms with E-state index in [4.69, 9.17) is 0 Å². The van der Waals surface area contributed by atoms with Gasteiger partial charge in [0.15, 0.2) is 0 Å². The normalized spacial score (nSPS) is 19.7. The molecule has 0 aliphatic heterocycles. The minimum absolute atomic E-state index is 0.0910. The molecule has 24 heavy (non-hydrogen) atoms. The van der Waals surface area contributed by atoms with Crippen molar-refractivity contribution in [1.29, 1.82) is 0 Å². The Kier molecular flexibility index (Phi) is 3.72. The number of imidazole rings is 1. The number of hydrogen-bond donors (Lipinski definition) is 3. The van der Waals surface area contributed by atoms with Gasteiger partial charge in [0.05, 0.1) is 17.6 Å². The minimum Gasteiger partial charge on any atom is -0.396 e. The van der Waals surface area contributed by atoms with E-state index in [-0.39, 0.29) is 29.7 Å². The summed E-state index contributed by atoms with van der Waals surface area (Å²) in [5.74, 6) is -0.161. The summed E-state index contributed by atoms with van der Waals surface area (Å²) < 4.78 is 1.84. The molecule has 6 heteroatoms. The number of rotatable bonds is 5. The molecule has 1 heterocycles. The van der Waals surface area contributed by atoms with Crippen molar-refractivity contribution in [3.63, 3.8) is 0 Å². The quantitative estimate of drug-likeness (QED) is 0.783. The molecular formula is C18H23N3O3. The van der Waals surface area contributed by atoms with Gasteiger partial charge in [0.2, 0.25) is 0 Å². The average molecular weight is 329 g/mol. The summed E-state index contributed by atoms with van der Waals surface area (Å²) in [6, 6.07) is 5.65. The van der Waals surface area contributed by atoms with Crippen LogP contribution in [0, 0.1) is 5.41 Å². The Balaban J connectivity index is 1.57. The summed E-state index contributed by atoms with van der Waals surface area (Å²) in [6.45, 7) is 0.615. The highest BCUT2D eigenvalue weighted by Gasteiger charge is 2.42. The summed E-state index contributed by atoms with van der Waals surface area (Å²) in [5.41, 5.74) is 1.92. The van der Waals surface area contributed by atoms with Crippen LogP contribution in [0.3, 0.4) is 0 Å². The maximum absolute atomic E-state index is 12.3. The van der Waals surface area contributed by atoms with Crippen molar-refractivity contribution in [2.45, 2.75) is 44.6 Å². The van der Waals surface area contributed by atoms with Crippen LogP contribution in [0.25, 0.3) is 11.0 Å². The van der Waals surface area contributed by atoms with Gasteiger partial charge in [0.1, 0.15) is 0 Å². The van der Waals surface area contributed by atoms with Crippen LogP contribution in [0.2, 0.25) is 0 Å². The van der Waals surface area contributed by atoms with Gasteiger partial charge in [-0.15, -0.1) is 0 Å². The Hall–Kier alpha value is -2.08. The van der Waals surface area contributed by atoms with Crippen molar-refractivity contribution < 1.29 is 9.90 Å². The van der Waals surface area contributed by atoms with Crippen LogP contribution in [0.1, 0.15) is 54.9 Å². The Labute approximate surface area is 139 Å². The molecular weight excluding hydrogens is 306 g/mol. The molecule has 2 aliphatic rings. The molecule has 2 aromatic rings. The molecule has 2 saturated carbocycles. The molecule has 6 nitrogen and oxygen atoms in total. The third kappa shape index (κ3) is 2.65. The average Bonchev–Trinajstić information content (AvgIpc) is 3.02. The maximum Gasteiger partial charge on any atom is 0.326 e. The van der Waals surface area contributed by atoms with Crippen molar-refractivity contribution in [3.8, 4) is 0 Å². The zero-order valence-corrected chi connectivity index (χ0v) is 13.7. The fraction of sp³-hybridized carbons (Fsp3) is 0.556. The van der Waals surface area contributed by atoms with Gasteiger partial charge in [0.25, 0.3) is 5.91 Å². The molecule has 0 unspecified atom stereocenters. The lowest BCUT2D eigenvalue weighted by Crippen LogP contribution is -2.31. The van der Waals surface area contributed by atoms with Gasteiger partial charge in [-0.05, 0) is 43.9 Å². The summed E-state index contributed by atoms with van der Waals surface area (Å²) in [4.78, 5) is 27.5. The Morgan fingerprint density at radius 1 is 1.33 bits per heavy atom. The Morgan fingerprint density at radius 2 is 2.08 bits per heavy atom. The zero-order chi connectivity index (χ0) is 16.7. The number of aromatic nitrogens is 2. The monoisotopic (exact) mass is 329 g/mol. The van der Waals surface area contributed by atoms with Crippen molar-refractivity contribution in [1.82, 2.24) is 14.9 Å². The molecule has 3 N–H and O–H groups in total. The molecule has 1 amide bonds. The number of amides is 1. The topological polar surface area (TPSA) is 87.1 Å². The third-order valence-electron chi connectivity index (χ3n) is 5.58. The summed E-state index contributed by atoms with van der Waals surface area (Å²) in [5, 5.41) is 12.2. The van der Waals surface area contributed by atoms with E-state index >= 15 is 0 Å². The lowest BCUT2D eigenvalue weighted by atomic mass is 10.1. The van der Waals surface area contributed by atoms with Crippen LogP contribution in [0.5, 0.6) is 0 Å². The summed E-state index contributed by atoms with van der Waals surface area (Å²) in [7, 11) is 0. The van der Waals surface area contributed by atoms with E-state index in [9.17, 15) is 14.7 Å². The van der Waals surface area contributed by atoms with Gasteiger partial charge >= 0.3 is 5.69 Å². The van der Waals surface area contributed by atoms with Gasteiger partial charge in [-0.3, -0.25) is 9.36 Å². The SMILES string of the molecule is O=C(NCC1(CO)CC1)c1ccc2c(c1)[nH]c(=O)n2C1CCCC1. The molecule has 4 rings (SSSR count). The molecule has 0 saturated heterocycles. The van der Waals surface area contributed by atoms with Crippen LogP contribution < -0.4 is 11.0 Å². The second-order valence-corrected chi connectivity index (χ2v) is 7.31. The summed E-state index contributed by atoms with van der Waals surface area (Å²) in [6.07, 6.45) is 6.32. The number of hydrogen-bond acceptors (Lipinski definition) is 3. The number of aromatic amines is 1. The first-order valence-corrected chi connectivity index (χ1v) is 8.75. The first-order chi connectivity index (χ1) is 11.6. The number of aliphatic hydroxyl groups is 1. The number of fused-ring (bicyclic) bond motifs is 1. The number of benzene rings is 1. The maximum atomic E-state index is 12.3. The van der Waals surface area contributed by atoms with Crippen molar-refractivity contribution in [2.24, 2.45) is 5.41 Å². The predicted molar refractivity (Wildman–Crippen MR) is 91.1 cm³/mol. The second-order valence-electron chi connectivity index (χ2n) is 7.31. The number of H-pyrrole nitrogens is 1. The number of nitrogens with one attached hydrogen (secondary N) is 2. The predicted octanol–water partition coefficient (Wildman–Crippen LogP) is 1.95. The molecule has 0 atom stereocenters. The number of carbonyl (C=O) groups excluding carboxylic acids is 1. The highest BCUT2D eigenvalue weighted by Crippen LogP contribution is 2.44. The fourth-order valence-electron chi connectivity index (χ4n) is 3.73. The molecule has 0 spiro atoms. The van der Waals surface area contributed by atoms with Crippen LogP contribution in [-0.2, 0) is 0 Å². The minimum atomic E-state index is -0.161. The molecule has 2 fully saturated rings. The lowest BCUT2D eigenvalue weighted by Gasteiger charge is -2.13. The van der Waals surface area contributed by atoms with Crippen LogP contribution >= 0.6 is 0 Å². The highest BCUT2D eigenvalue weighted by molar-refractivity contribution is 5.97. The third-order valence-corrected chi connectivity index (χ3v) is 5.58. The zero-order valence-electron chi connectivity index (χ0n) is 13.7.